The van der Waals surface area contributed by atoms with Crippen molar-refractivity contribution >= 4 is 11.6 Å². The zero-order chi connectivity index (χ0) is 13.7. The number of hydrogen-bond acceptors (Lipinski definition) is 1. The van der Waals surface area contributed by atoms with Crippen molar-refractivity contribution < 1.29 is 4.74 Å². The Hall–Kier alpha value is -0.690. The Morgan fingerprint density at radius 1 is 1.17 bits per heavy atom. The highest BCUT2D eigenvalue weighted by molar-refractivity contribution is 6.18. The van der Waals surface area contributed by atoms with Gasteiger partial charge < -0.3 is 4.74 Å². The van der Waals surface area contributed by atoms with Crippen LogP contribution in [0.2, 0.25) is 0 Å². The van der Waals surface area contributed by atoms with Crippen molar-refractivity contribution in [3.8, 4) is 5.75 Å². The van der Waals surface area contributed by atoms with Crippen LogP contribution in [0.3, 0.4) is 0 Å². The third-order valence-electron chi connectivity index (χ3n) is 3.30. The summed E-state index contributed by atoms with van der Waals surface area (Å²) in [6.45, 7) is 8.89. The Morgan fingerprint density at radius 2 is 1.83 bits per heavy atom. The van der Waals surface area contributed by atoms with Gasteiger partial charge in [0.05, 0.1) is 7.11 Å². The van der Waals surface area contributed by atoms with E-state index in [-0.39, 0.29) is 0 Å². The van der Waals surface area contributed by atoms with Gasteiger partial charge >= 0.3 is 0 Å². The summed E-state index contributed by atoms with van der Waals surface area (Å²) in [4.78, 5) is 0. The predicted octanol–water partition coefficient (Wildman–Crippen LogP) is 5.19. The Labute approximate surface area is 116 Å². The SMILES string of the molecule is COc1ccc(C(C)C)cc1C(CCl)CC(C)C. The van der Waals surface area contributed by atoms with Crippen LogP contribution in [0.15, 0.2) is 18.2 Å². The molecular formula is C16H25ClO. The van der Waals surface area contributed by atoms with Crippen molar-refractivity contribution in [1.82, 2.24) is 0 Å². The van der Waals surface area contributed by atoms with Crippen LogP contribution >= 0.6 is 11.6 Å². The molecule has 0 aromatic heterocycles. The van der Waals surface area contributed by atoms with Crippen LogP contribution in [0.5, 0.6) is 5.75 Å². The first-order chi connectivity index (χ1) is 8.49. The molecule has 0 heterocycles. The molecule has 0 spiro atoms. The maximum Gasteiger partial charge on any atom is 0.122 e. The number of alkyl halides is 1. The highest BCUT2D eigenvalue weighted by atomic mass is 35.5. The monoisotopic (exact) mass is 268 g/mol. The summed E-state index contributed by atoms with van der Waals surface area (Å²) >= 11 is 6.15. The molecule has 1 aromatic carbocycles. The van der Waals surface area contributed by atoms with Crippen molar-refractivity contribution in [2.24, 2.45) is 5.92 Å². The molecule has 18 heavy (non-hydrogen) atoms. The zero-order valence-corrected chi connectivity index (χ0v) is 12.9. The first kappa shape index (κ1) is 15.4. The van der Waals surface area contributed by atoms with E-state index >= 15 is 0 Å². The second kappa shape index (κ2) is 7.04. The molecule has 1 unspecified atom stereocenters. The van der Waals surface area contributed by atoms with Crippen LogP contribution in [0, 0.1) is 5.92 Å². The number of ether oxygens (including phenoxy) is 1. The van der Waals surface area contributed by atoms with Crippen LogP contribution in [0.25, 0.3) is 0 Å². The fraction of sp³-hybridized carbons (Fsp3) is 0.625. The predicted molar refractivity (Wildman–Crippen MR) is 80.0 cm³/mol. The average molecular weight is 269 g/mol. The van der Waals surface area contributed by atoms with Gasteiger partial charge in [-0.3, -0.25) is 0 Å². The Kier molecular flexibility index (Phi) is 6.01. The van der Waals surface area contributed by atoms with Crippen molar-refractivity contribution in [1.29, 1.82) is 0 Å². The summed E-state index contributed by atoms with van der Waals surface area (Å²) in [7, 11) is 1.73. The largest absolute Gasteiger partial charge is 0.496 e. The van der Waals surface area contributed by atoms with Crippen molar-refractivity contribution in [3.63, 3.8) is 0 Å². The molecule has 0 saturated carbocycles. The van der Waals surface area contributed by atoms with E-state index in [1.54, 1.807) is 7.11 Å². The molecule has 0 fully saturated rings. The number of halogens is 1. The van der Waals surface area contributed by atoms with E-state index in [2.05, 4.69) is 45.9 Å². The third kappa shape index (κ3) is 3.91. The van der Waals surface area contributed by atoms with Gasteiger partial charge in [0.2, 0.25) is 0 Å². The maximum atomic E-state index is 6.15. The summed E-state index contributed by atoms with van der Waals surface area (Å²) in [5.74, 6) is 3.16. The lowest BCUT2D eigenvalue weighted by Crippen LogP contribution is -2.07. The Bertz CT molecular complexity index is 371. The lowest BCUT2D eigenvalue weighted by atomic mass is 9.88. The van der Waals surface area contributed by atoms with E-state index in [0.29, 0.717) is 23.6 Å². The standard InChI is InChI=1S/C16H25ClO/c1-11(2)8-14(10-17)15-9-13(12(3)4)6-7-16(15)18-5/h6-7,9,11-12,14H,8,10H2,1-5H3. The van der Waals surface area contributed by atoms with Crippen LogP contribution in [0.4, 0.5) is 0 Å². The molecular weight excluding hydrogens is 244 g/mol. The molecule has 1 aromatic rings. The minimum atomic E-state index is 0.375. The minimum absolute atomic E-state index is 0.375. The smallest absolute Gasteiger partial charge is 0.122 e. The average Bonchev–Trinajstić information content (AvgIpc) is 2.34. The number of hydrogen-bond donors (Lipinski definition) is 0. The highest BCUT2D eigenvalue weighted by Crippen LogP contribution is 2.34. The fourth-order valence-corrected chi connectivity index (χ4v) is 2.57. The molecule has 0 aliphatic carbocycles. The summed E-state index contributed by atoms with van der Waals surface area (Å²) in [6, 6.07) is 6.48. The molecule has 2 heteroatoms. The minimum Gasteiger partial charge on any atom is -0.496 e. The number of rotatable bonds is 6. The van der Waals surface area contributed by atoms with Gasteiger partial charge in [-0.2, -0.15) is 0 Å². The quantitative estimate of drug-likeness (QED) is 0.646. The molecule has 0 radical (unpaired) electrons. The van der Waals surface area contributed by atoms with Gasteiger partial charge in [0.15, 0.2) is 0 Å². The van der Waals surface area contributed by atoms with Gasteiger partial charge in [0, 0.05) is 11.8 Å². The molecule has 0 amide bonds. The van der Waals surface area contributed by atoms with Crippen molar-refractivity contribution in [3.05, 3.63) is 29.3 Å². The van der Waals surface area contributed by atoms with E-state index in [4.69, 9.17) is 16.3 Å². The first-order valence-electron chi connectivity index (χ1n) is 6.73. The molecule has 0 aliphatic rings. The van der Waals surface area contributed by atoms with Gasteiger partial charge in [-0.1, -0.05) is 39.8 Å². The highest BCUT2D eigenvalue weighted by Gasteiger charge is 2.18. The maximum absolute atomic E-state index is 6.15. The molecule has 0 N–H and O–H groups in total. The third-order valence-corrected chi connectivity index (χ3v) is 3.67. The van der Waals surface area contributed by atoms with Crippen LogP contribution in [-0.4, -0.2) is 13.0 Å². The van der Waals surface area contributed by atoms with E-state index in [1.165, 1.54) is 11.1 Å². The Morgan fingerprint density at radius 3 is 2.28 bits per heavy atom. The van der Waals surface area contributed by atoms with Crippen molar-refractivity contribution in [2.45, 2.75) is 46.0 Å². The summed E-state index contributed by atoms with van der Waals surface area (Å²) in [6.07, 6.45) is 1.10. The number of methoxy groups -OCH3 is 1. The summed E-state index contributed by atoms with van der Waals surface area (Å²) < 4.78 is 5.49. The van der Waals surface area contributed by atoms with Crippen LogP contribution in [0.1, 0.15) is 57.1 Å². The van der Waals surface area contributed by atoms with E-state index < -0.39 is 0 Å². The van der Waals surface area contributed by atoms with Gasteiger partial charge in [-0.15, -0.1) is 11.6 Å². The molecule has 1 atom stereocenters. The fourth-order valence-electron chi connectivity index (χ4n) is 2.27. The molecule has 0 bridgehead atoms. The van der Waals surface area contributed by atoms with E-state index in [0.717, 1.165) is 12.2 Å². The Balaban J connectivity index is 3.12. The van der Waals surface area contributed by atoms with Crippen LogP contribution in [-0.2, 0) is 0 Å². The van der Waals surface area contributed by atoms with E-state index in [9.17, 15) is 0 Å². The lowest BCUT2D eigenvalue weighted by Gasteiger charge is -2.21. The summed E-state index contributed by atoms with van der Waals surface area (Å²) in [5, 5.41) is 0. The number of benzene rings is 1. The van der Waals surface area contributed by atoms with Gasteiger partial charge in [-0.25, -0.2) is 0 Å². The molecule has 0 saturated heterocycles. The molecule has 1 rings (SSSR count). The van der Waals surface area contributed by atoms with Gasteiger partial charge in [0.25, 0.3) is 0 Å². The topological polar surface area (TPSA) is 9.23 Å². The second-order valence-corrected chi connectivity index (χ2v) is 5.95. The van der Waals surface area contributed by atoms with Crippen molar-refractivity contribution in [2.75, 3.05) is 13.0 Å². The normalized spacial score (nSPS) is 13.1. The van der Waals surface area contributed by atoms with Gasteiger partial charge in [0.1, 0.15) is 5.75 Å². The van der Waals surface area contributed by atoms with Gasteiger partial charge in [-0.05, 0) is 35.4 Å². The summed E-state index contributed by atoms with van der Waals surface area (Å²) in [5.41, 5.74) is 2.61. The molecule has 0 aliphatic heterocycles. The van der Waals surface area contributed by atoms with E-state index in [1.807, 2.05) is 0 Å². The van der Waals surface area contributed by atoms with Crippen LogP contribution < -0.4 is 4.74 Å². The lowest BCUT2D eigenvalue weighted by molar-refractivity contribution is 0.401. The first-order valence-corrected chi connectivity index (χ1v) is 7.26. The second-order valence-electron chi connectivity index (χ2n) is 5.64. The molecule has 1 nitrogen and oxygen atoms in total. The zero-order valence-electron chi connectivity index (χ0n) is 12.2. The molecule has 102 valence electrons.